The molecule has 2 aromatic carbocycles. The molecule has 0 aliphatic heterocycles. The highest BCUT2D eigenvalue weighted by atomic mass is 35.5. The molecular formula is C13H10ClF3O3S. The predicted octanol–water partition coefficient (Wildman–Crippen LogP) is 4.00. The van der Waals surface area contributed by atoms with Crippen LogP contribution in [0.4, 0.5) is 13.2 Å². The fourth-order valence-corrected chi connectivity index (χ4v) is 1.98. The summed E-state index contributed by atoms with van der Waals surface area (Å²) in [5.74, 6) is -0.385. The Morgan fingerprint density at radius 1 is 0.857 bits per heavy atom. The number of benzene rings is 2. The molecule has 0 aromatic heterocycles. The molecule has 0 spiro atoms. The van der Waals surface area contributed by atoms with E-state index in [9.17, 15) is 21.6 Å². The molecule has 0 aliphatic rings. The molecule has 0 bridgehead atoms. The van der Waals surface area contributed by atoms with Crippen molar-refractivity contribution in [3.63, 3.8) is 0 Å². The molecule has 0 aliphatic carbocycles. The molecule has 0 amide bonds. The SMILES string of the molecule is Cl.O=S(=O)(Oc1cccc(-c2ccccc2)c1)C(F)(F)F. The zero-order valence-corrected chi connectivity index (χ0v) is 12.0. The van der Waals surface area contributed by atoms with Gasteiger partial charge < -0.3 is 4.18 Å². The number of hydrogen-bond donors (Lipinski definition) is 0. The molecular weight excluding hydrogens is 329 g/mol. The maximum atomic E-state index is 12.2. The molecule has 3 nitrogen and oxygen atoms in total. The zero-order chi connectivity index (χ0) is 14.8. The number of halogens is 4. The molecule has 0 heterocycles. The lowest BCUT2D eigenvalue weighted by Crippen LogP contribution is -2.28. The number of alkyl halides is 3. The highest BCUT2D eigenvalue weighted by Crippen LogP contribution is 2.29. The summed E-state index contributed by atoms with van der Waals surface area (Å²) in [5.41, 5.74) is -4.15. The third-order valence-electron chi connectivity index (χ3n) is 2.43. The van der Waals surface area contributed by atoms with Crippen LogP contribution in [0.5, 0.6) is 5.75 Å². The van der Waals surface area contributed by atoms with E-state index < -0.39 is 15.6 Å². The first-order chi connectivity index (χ1) is 9.29. The lowest BCUT2D eigenvalue weighted by molar-refractivity contribution is -0.0500. The molecule has 114 valence electrons. The molecule has 0 atom stereocenters. The van der Waals surface area contributed by atoms with E-state index >= 15 is 0 Å². The lowest BCUT2D eigenvalue weighted by atomic mass is 10.1. The normalized spacial score (nSPS) is 11.6. The fraction of sp³-hybridized carbons (Fsp3) is 0.0769. The van der Waals surface area contributed by atoms with Gasteiger partial charge in [-0.2, -0.15) is 21.6 Å². The largest absolute Gasteiger partial charge is 0.534 e. The highest BCUT2D eigenvalue weighted by molar-refractivity contribution is 7.88. The van der Waals surface area contributed by atoms with Crippen molar-refractivity contribution in [1.82, 2.24) is 0 Å². The third-order valence-corrected chi connectivity index (χ3v) is 3.41. The molecule has 0 radical (unpaired) electrons. The van der Waals surface area contributed by atoms with Crippen molar-refractivity contribution in [3.05, 3.63) is 54.6 Å². The van der Waals surface area contributed by atoms with Gasteiger partial charge in [-0.05, 0) is 23.3 Å². The van der Waals surface area contributed by atoms with Gasteiger partial charge in [-0.3, -0.25) is 0 Å². The molecule has 0 fully saturated rings. The molecule has 8 heteroatoms. The summed E-state index contributed by atoms with van der Waals surface area (Å²) in [7, 11) is -5.65. The average molecular weight is 339 g/mol. The second-order valence-corrected chi connectivity index (χ2v) is 5.41. The van der Waals surface area contributed by atoms with Crippen LogP contribution < -0.4 is 4.18 Å². The van der Waals surface area contributed by atoms with E-state index in [4.69, 9.17) is 0 Å². The van der Waals surface area contributed by atoms with Crippen LogP contribution in [0.1, 0.15) is 0 Å². The van der Waals surface area contributed by atoms with Crippen LogP contribution in [0.2, 0.25) is 0 Å². The molecule has 0 N–H and O–H groups in total. The van der Waals surface area contributed by atoms with E-state index in [1.807, 2.05) is 0 Å². The maximum absolute atomic E-state index is 12.2. The van der Waals surface area contributed by atoms with Crippen molar-refractivity contribution in [2.75, 3.05) is 0 Å². The minimum atomic E-state index is -5.65. The second kappa shape index (κ2) is 6.36. The van der Waals surface area contributed by atoms with Crippen molar-refractivity contribution in [2.45, 2.75) is 5.51 Å². The predicted molar refractivity (Wildman–Crippen MR) is 74.7 cm³/mol. The highest BCUT2D eigenvalue weighted by Gasteiger charge is 2.48. The van der Waals surface area contributed by atoms with Gasteiger partial charge in [-0.25, -0.2) is 0 Å². The first-order valence-electron chi connectivity index (χ1n) is 5.46. The van der Waals surface area contributed by atoms with Crippen LogP contribution in [0.3, 0.4) is 0 Å². The summed E-state index contributed by atoms with van der Waals surface area (Å²) < 4.78 is 62.6. The Bertz CT molecular complexity index is 700. The summed E-state index contributed by atoms with van der Waals surface area (Å²) in [4.78, 5) is 0. The quantitative estimate of drug-likeness (QED) is 0.627. The van der Waals surface area contributed by atoms with Crippen molar-refractivity contribution in [1.29, 1.82) is 0 Å². The van der Waals surface area contributed by atoms with Crippen LogP contribution in [0, 0.1) is 0 Å². The standard InChI is InChI=1S/C13H9F3O3S.ClH/c14-13(15,16)20(17,18)19-12-8-4-7-11(9-12)10-5-2-1-3-6-10;/h1-9H;1H. The van der Waals surface area contributed by atoms with Gasteiger partial charge in [0.15, 0.2) is 0 Å². The monoisotopic (exact) mass is 338 g/mol. The van der Waals surface area contributed by atoms with Crippen molar-refractivity contribution < 1.29 is 25.8 Å². The number of rotatable bonds is 3. The van der Waals surface area contributed by atoms with E-state index in [0.29, 0.717) is 5.56 Å². The van der Waals surface area contributed by atoms with E-state index in [-0.39, 0.29) is 18.2 Å². The van der Waals surface area contributed by atoms with Crippen molar-refractivity contribution in [2.24, 2.45) is 0 Å². The summed E-state index contributed by atoms with van der Waals surface area (Å²) in [5, 5.41) is 0. The maximum Gasteiger partial charge on any atom is 0.534 e. The van der Waals surface area contributed by atoms with Gasteiger partial charge in [-0.1, -0.05) is 42.5 Å². The van der Waals surface area contributed by atoms with Crippen LogP contribution >= 0.6 is 12.4 Å². The Kier molecular flexibility index (Phi) is 5.25. The van der Waals surface area contributed by atoms with Crippen LogP contribution in [-0.2, 0) is 10.1 Å². The molecule has 2 aromatic rings. The van der Waals surface area contributed by atoms with Crippen LogP contribution in [-0.4, -0.2) is 13.9 Å². The number of hydrogen-bond acceptors (Lipinski definition) is 3. The average Bonchev–Trinajstić information content (AvgIpc) is 2.38. The van der Waals surface area contributed by atoms with E-state index in [1.54, 1.807) is 36.4 Å². The zero-order valence-electron chi connectivity index (χ0n) is 10.4. The van der Waals surface area contributed by atoms with E-state index in [1.165, 1.54) is 12.1 Å². The van der Waals surface area contributed by atoms with Crippen molar-refractivity contribution in [3.8, 4) is 16.9 Å². The Morgan fingerprint density at radius 2 is 1.43 bits per heavy atom. The van der Waals surface area contributed by atoms with Gasteiger partial charge >= 0.3 is 15.6 Å². The smallest absolute Gasteiger partial charge is 0.376 e. The minimum absolute atomic E-state index is 0. The van der Waals surface area contributed by atoms with E-state index in [2.05, 4.69) is 4.18 Å². The molecule has 0 unspecified atom stereocenters. The molecule has 2 rings (SSSR count). The molecule has 0 saturated carbocycles. The Labute approximate surface area is 125 Å². The topological polar surface area (TPSA) is 43.4 Å². The first kappa shape index (κ1) is 17.3. The van der Waals surface area contributed by atoms with Gasteiger partial charge in [0.2, 0.25) is 0 Å². The Balaban J connectivity index is 0.00000220. The summed E-state index contributed by atoms with van der Waals surface area (Å²) >= 11 is 0. The summed E-state index contributed by atoms with van der Waals surface area (Å²) in [6.07, 6.45) is 0. The van der Waals surface area contributed by atoms with Crippen LogP contribution in [0.25, 0.3) is 11.1 Å². The van der Waals surface area contributed by atoms with Gasteiger partial charge in [0, 0.05) is 0 Å². The fourth-order valence-electron chi connectivity index (χ4n) is 1.53. The third kappa shape index (κ3) is 4.12. The van der Waals surface area contributed by atoms with Crippen LogP contribution in [0.15, 0.2) is 54.6 Å². The minimum Gasteiger partial charge on any atom is -0.376 e. The molecule has 0 saturated heterocycles. The van der Waals surface area contributed by atoms with Gasteiger partial charge in [-0.15, -0.1) is 12.4 Å². The Hall–Kier alpha value is -1.73. The summed E-state index contributed by atoms with van der Waals surface area (Å²) in [6.45, 7) is 0. The summed E-state index contributed by atoms with van der Waals surface area (Å²) in [6, 6.07) is 14.2. The van der Waals surface area contributed by atoms with Crippen molar-refractivity contribution >= 4 is 22.5 Å². The van der Waals surface area contributed by atoms with E-state index in [0.717, 1.165) is 11.6 Å². The van der Waals surface area contributed by atoms with Gasteiger partial charge in [0.05, 0.1) is 0 Å². The Morgan fingerprint density at radius 3 is 2.00 bits per heavy atom. The van der Waals surface area contributed by atoms with Gasteiger partial charge in [0.25, 0.3) is 0 Å². The first-order valence-corrected chi connectivity index (χ1v) is 6.87. The molecule has 21 heavy (non-hydrogen) atoms. The lowest BCUT2D eigenvalue weighted by Gasteiger charge is -2.10. The van der Waals surface area contributed by atoms with Gasteiger partial charge in [0.1, 0.15) is 5.75 Å². The second-order valence-electron chi connectivity index (χ2n) is 3.88.